The van der Waals surface area contributed by atoms with Crippen LogP contribution in [0.2, 0.25) is 0 Å². The minimum atomic E-state index is -0.901. The summed E-state index contributed by atoms with van der Waals surface area (Å²) < 4.78 is 5.46. The number of aromatic nitrogens is 1. The first-order valence-electron chi connectivity index (χ1n) is 6.20. The first kappa shape index (κ1) is 13.3. The summed E-state index contributed by atoms with van der Waals surface area (Å²) in [4.78, 5) is 27.9. The fourth-order valence-electron chi connectivity index (χ4n) is 2.03. The second-order valence-corrected chi connectivity index (χ2v) is 4.47. The molecule has 1 aliphatic rings. The molecule has 1 aromatic heterocycles. The molecule has 1 amide bonds. The van der Waals surface area contributed by atoms with Gasteiger partial charge in [0.1, 0.15) is 5.75 Å². The van der Waals surface area contributed by atoms with Gasteiger partial charge >= 0.3 is 5.97 Å². The number of aliphatic carboxylic acids is 1. The SMILES string of the molecule is O=C(O)[C@H]1CC(=O)N(CCCOc2cccnc2)C1. The number of carbonyl (C=O) groups is 2. The maximum Gasteiger partial charge on any atom is 0.308 e. The lowest BCUT2D eigenvalue weighted by atomic mass is 10.1. The summed E-state index contributed by atoms with van der Waals surface area (Å²) in [5.74, 6) is -0.860. The predicted molar refractivity (Wildman–Crippen MR) is 66.7 cm³/mol. The van der Waals surface area contributed by atoms with E-state index in [1.54, 1.807) is 23.4 Å². The molecule has 0 aromatic carbocycles. The Morgan fingerprint density at radius 3 is 3.05 bits per heavy atom. The normalized spacial score (nSPS) is 18.6. The topological polar surface area (TPSA) is 79.7 Å². The summed E-state index contributed by atoms with van der Waals surface area (Å²) in [5, 5.41) is 8.86. The van der Waals surface area contributed by atoms with Gasteiger partial charge in [0.25, 0.3) is 0 Å². The number of hydrogen-bond acceptors (Lipinski definition) is 4. The van der Waals surface area contributed by atoms with Crippen molar-refractivity contribution in [3.8, 4) is 5.75 Å². The molecule has 1 aromatic rings. The van der Waals surface area contributed by atoms with E-state index >= 15 is 0 Å². The standard InChI is InChI=1S/C13H16N2O4/c16-12-7-10(13(17)18)9-15(12)5-2-6-19-11-3-1-4-14-8-11/h1,3-4,8,10H,2,5-7,9H2,(H,17,18)/t10-/m0/s1. The Kier molecular flexibility index (Phi) is 4.33. The zero-order valence-electron chi connectivity index (χ0n) is 10.5. The average molecular weight is 264 g/mol. The molecule has 0 unspecified atom stereocenters. The number of nitrogens with zero attached hydrogens (tertiary/aromatic N) is 2. The Morgan fingerprint density at radius 2 is 2.42 bits per heavy atom. The molecule has 19 heavy (non-hydrogen) atoms. The summed E-state index contributed by atoms with van der Waals surface area (Å²) in [7, 11) is 0. The Bertz CT molecular complexity index is 449. The molecular formula is C13H16N2O4. The van der Waals surface area contributed by atoms with Crippen LogP contribution in [0, 0.1) is 5.92 Å². The third kappa shape index (κ3) is 3.67. The fourth-order valence-corrected chi connectivity index (χ4v) is 2.03. The molecule has 0 radical (unpaired) electrons. The molecule has 1 fully saturated rings. The van der Waals surface area contributed by atoms with Crippen molar-refractivity contribution in [1.82, 2.24) is 9.88 Å². The van der Waals surface area contributed by atoms with Gasteiger partial charge in [-0.2, -0.15) is 0 Å². The summed E-state index contributed by atoms with van der Waals surface area (Å²) in [5.41, 5.74) is 0. The maximum absolute atomic E-state index is 11.6. The first-order valence-corrected chi connectivity index (χ1v) is 6.20. The highest BCUT2D eigenvalue weighted by molar-refractivity contribution is 5.86. The van der Waals surface area contributed by atoms with Crippen LogP contribution in [0.5, 0.6) is 5.75 Å². The van der Waals surface area contributed by atoms with E-state index in [-0.39, 0.29) is 12.3 Å². The third-order valence-electron chi connectivity index (χ3n) is 3.04. The Hall–Kier alpha value is -2.11. The van der Waals surface area contributed by atoms with Crippen LogP contribution in [0.3, 0.4) is 0 Å². The van der Waals surface area contributed by atoms with Crippen molar-refractivity contribution < 1.29 is 19.4 Å². The van der Waals surface area contributed by atoms with E-state index in [9.17, 15) is 9.59 Å². The quantitative estimate of drug-likeness (QED) is 0.768. The van der Waals surface area contributed by atoms with Crippen LogP contribution < -0.4 is 4.74 Å². The molecule has 0 saturated carbocycles. The lowest BCUT2D eigenvalue weighted by Gasteiger charge is -2.15. The number of likely N-dealkylation sites (tertiary alicyclic amines) is 1. The molecule has 102 valence electrons. The second kappa shape index (κ2) is 6.17. The van der Waals surface area contributed by atoms with Crippen molar-refractivity contribution >= 4 is 11.9 Å². The Labute approximate surface area is 111 Å². The molecule has 1 aliphatic heterocycles. The number of rotatable bonds is 6. The van der Waals surface area contributed by atoms with Gasteiger partial charge in [-0.15, -0.1) is 0 Å². The zero-order valence-corrected chi connectivity index (χ0v) is 10.5. The van der Waals surface area contributed by atoms with Crippen molar-refractivity contribution in [3.63, 3.8) is 0 Å². The van der Waals surface area contributed by atoms with Crippen LogP contribution >= 0.6 is 0 Å². The van der Waals surface area contributed by atoms with E-state index < -0.39 is 11.9 Å². The highest BCUT2D eigenvalue weighted by Crippen LogP contribution is 2.18. The number of ether oxygens (including phenoxy) is 1. The van der Waals surface area contributed by atoms with Gasteiger partial charge in [0.15, 0.2) is 0 Å². The average Bonchev–Trinajstić information content (AvgIpc) is 2.78. The predicted octanol–water partition coefficient (Wildman–Crippen LogP) is 0.784. The van der Waals surface area contributed by atoms with Gasteiger partial charge in [-0.1, -0.05) is 0 Å². The number of hydrogen-bond donors (Lipinski definition) is 1. The van der Waals surface area contributed by atoms with Crippen LogP contribution in [-0.4, -0.2) is 46.6 Å². The molecule has 2 rings (SSSR count). The van der Waals surface area contributed by atoms with Gasteiger partial charge in [-0.05, 0) is 18.6 Å². The van der Waals surface area contributed by atoms with Crippen LogP contribution in [0.4, 0.5) is 0 Å². The molecule has 1 atom stereocenters. The van der Waals surface area contributed by atoms with Gasteiger partial charge < -0.3 is 14.7 Å². The van der Waals surface area contributed by atoms with Crippen molar-refractivity contribution in [3.05, 3.63) is 24.5 Å². The highest BCUT2D eigenvalue weighted by Gasteiger charge is 2.33. The number of carbonyl (C=O) groups excluding carboxylic acids is 1. The largest absolute Gasteiger partial charge is 0.492 e. The van der Waals surface area contributed by atoms with E-state index in [0.29, 0.717) is 31.9 Å². The van der Waals surface area contributed by atoms with Crippen LogP contribution in [-0.2, 0) is 9.59 Å². The van der Waals surface area contributed by atoms with Gasteiger partial charge in [-0.25, -0.2) is 0 Å². The van der Waals surface area contributed by atoms with Gasteiger partial charge in [0, 0.05) is 25.7 Å². The lowest BCUT2D eigenvalue weighted by Crippen LogP contribution is -2.28. The summed E-state index contributed by atoms with van der Waals surface area (Å²) in [6, 6.07) is 3.60. The number of pyridine rings is 1. The second-order valence-electron chi connectivity index (χ2n) is 4.47. The molecule has 0 bridgehead atoms. The third-order valence-corrected chi connectivity index (χ3v) is 3.04. The maximum atomic E-state index is 11.6. The van der Waals surface area contributed by atoms with Crippen LogP contribution in [0.1, 0.15) is 12.8 Å². The van der Waals surface area contributed by atoms with Crippen molar-refractivity contribution in [2.75, 3.05) is 19.7 Å². The summed E-state index contributed by atoms with van der Waals surface area (Å²) in [6.07, 6.45) is 4.08. The van der Waals surface area contributed by atoms with Crippen molar-refractivity contribution in [1.29, 1.82) is 0 Å². The fraction of sp³-hybridized carbons (Fsp3) is 0.462. The monoisotopic (exact) mass is 264 g/mol. The molecule has 6 heteroatoms. The number of carboxylic acids is 1. The van der Waals surface area contributed by atoms with Crippen LogP contribution in [0.25, 0.3) is 0 Å². The molecule has 1 N–H and O–H groups in total. The highest BCUT2D eigenvalue weighted by atomic mass is 16.5. The van der Waals surface area contributed by atoms with Crippen LogP contribution in [0.15, 0.2) is 24.5 Å². The lowest BCUT2D eigenvalue weighted by molar-refractivity contribution is -0.141. The molecular weight excluding hydrogens is 248 g/mol. The number of amides is 1. The van der Waals surface area contributed by atoms with Crippen molar-refractivity contribution in [2.24, 2.45) is 5.92 Å². The first-order chi connectivity index (χ1) is 9.16. The molecule has 0 spiro atoms. The zero-order chi connectivity index (χ0) is 13.7. The van der Waals surface area contributed by atoms with Crippen molar-refractivity contribution in [2.45, 2.75) is 12.8 Å². The summed E-state index contributed by atoms with van der Waals surface area (Å²) >= 11 is 0. The minimum Gasteiger partial charge on any atom is -0.492 e. The van der Waals surface area contributed by atoms with Gasteiger partial charge in [0.05, 0.1) is 18.7 Å². The van der Waals surface area contributed by atoms with E-state index in [4.69, 9.17) is 9.84 Å². The minimum absolute atomic E-state index is 0.0891. The molecule has 0 aliphatic carbocycles. The van der Waals surface area contributed by atoms with E-state index in [2.05, 4.69) is 4.98 Å². The number of carboxylic acid groups (broad SMARTS) is 1. The van der Waals surface area contributed by atoms with Gasteiger partial charge in [-0.3, -0.25) is 14.6 Å². The Balaban J connectivity index is 1.69. The Morgan fingerprint density at radius 1 is 1.58 bits per heavy atom. The van der Waals surface area contributed by atoms with E-state index in [1.807, 2.05) is 6.07 Å². The molecule has 6 nitrogen and oxygen atoms in total. The molecule has 2 heterocycles. The van der Waals surface area contributed by atoms with E-state index in [0.717, 1.165) is 0 Å². The summed E-state index contributed by atoms with van der Waals surface area (Å²) in [6.45, 7) is 1.32. The molecule has 1 saturated heterocycles. The smallest absolute Gasteiger partial charge is 0.308 e. The van der Waals surface area contributed by atoms with E-state index in [1.165, 1.54) is 0 Å². The van der Waals surface area contributed by atoms with Gasteiger partial charge in [0.2, 0.25) is 5.91 Å².